The molecule has 160 valence electrons. The lowest BCUT2D eigenvalue weighted by atomic mass is 9.93. The Morgan fingerprint density at radius 2 is 1.97 bits per heavy atom. The molecule has 2 fully saturated rings. The van der Waals surface area contributed by atoms with E-state index >= 15 is 0 Å². The number of unbranched alkanes of at least 4 members (excludes halogenated alkanes) is 1. The number of hydrogen-bond donors (Lipinski definition) is 2. The number of amides is 3. The van der Waals surface area contributed by atoms with E-state index in [9.17, 15) is 9.59 Å². The zero-order valence-electron chi connectivity index (χ0n) is 17.6. The molecular formula is C22H35N5O2. The fraction of sp³-hybridized carbons (Fsp3) is 0.682. The molecule has 1 unspecified atom stereocenters. The molecule has 1 atom stereocenters. The number of pyridine rings is 1. The second kappa shape index (κ2) is 11.1. The van der Waals surface area contributed by atoms with Crippen LogP contribution in [-0.4, -0.2) is 65.5 Å². The van der Waals surface area contributed by atoms with Gasteiger partial charge in [0.25, 0.3) is 0 Å². The van der Waals surface area contributed by atoms with Crippen molar-refractivity contribution in [3.8, 4) is 0 Å². The van der Waals surface area contributed by atoms with Crippen molar-refractivity contribution in [1.82, 2.24) is 25.4 Å². The normalized spacial score (nSPS) is 21.0. The highest BCUT2D eigenvalue weighted by Gasteiger charge is 2.32. The van der Waals surface area contributed by atoms with Crippen molar-refractivity contribution in [2.24, 2.45) is 5.92 Å². The van der Waals surface area contributed by atoms with Crippen molar-refractivity contribution in [1.29, 1.82) is 0 Å². The van der Waals surface area contributed by atoms with E-state index < -0.39 is 0 Å². The largest absolute Gasteiger partial charge is 0.350 e. The van der Waals surface area contributed by atoms with Crippen molar-refractivity contribution >= 4 is 11.9 Å². The van der Waals surface area contributed by atoms with Gasteiger partial charge in [0.15, 0.2) is 0 Å². The molecular weight excluding hydrogens is 366 g/mol. The molecule has 1 aromatic heterocycles. The van der Waals surface area contributed by atoms with Gasteiger partial charge in [-0.1, -0.05) is 19.4 Å². The van der Waals surface area contributed by atoms with Gasteiger partial charge in [-0.2, -0.15) is 0 Å². The molecule has 0 aromatic carbocycles. The molecule has 3 amide bonds. The fourth-order valence-corrected chi connectivity index (χ4v) is 4.29. The maximum absolute atomic E-state index is 12.6. The molecule has 7 heteroatoms. The second-order valence-electron chi connectivity index (χ2n) is 8.18. The summed E-state index contributed by atoms with van der Waals surface area (Å²) in [5.41, 5.74) is 0.887. The van der Waals surface area contributed by atoms with E-state index in [-0.39, 0.29) is 17.9 Å². The third-order valence-electron chi connectivity index (χ3n) is 6.07. The number of aromatic nitrogens is 1. The molecule has 2 saturated heterocycles. The Kier molecular flexibility index (Phi) is 8.28. The van der Waals surface area contributed by atoms with Gasteiger partial charge in [-0.25, -0.2) is 4.79 Å². The van der Waals surface area contributed by atoms with Crippen molar-refractivity contribution in [3.63, 3.8) is 0 Å². The first-order valence-corrected chi connectivity index (χ1v) is 11.1. The van der Waals surface area contributed by atoms with Gasteiger partial charge in [-0.05, 0) is 50.8 Å². The van der Waals surface area contributed by atoms with Gasteiger partial charge in [0, 0.05) is 38.4 Å². The zero-order chi connectivity index (χ0) is 20.5. The molecule has 0 radical (unpaired) electrons. The van der Waals surface area contributed by atoms with Crippen LogP contribution in [0.5, 0.6) is 0 Å². The van der Waals surface area contributed by atoms with Crippen molar-refractivity contribution in [2.45, 2.75) is 58.0 Å². The molecule has 2 aliphatic heterocycles. The lowest BCUT2D eigenvalue weighted by Crippen LogP contribution is -2.52. The average Bonchev–Trinajstić information content (AvgIpc) is 2.78. The van der Waals surface area contributed by atoms with Crippen molar-refractivity contribution < 1.29 is 9.59 Å². The minimum atomic E-state index is 0.0443. The minimum Gasteiger partial charge on any atom is -0.350 e. The standard InChI is InChI=1S/C22H35N5O2/c1-2-3-11-24-22(29)26-14-9-20(10-15-26)27-13-6-7-18(17-27)21(28)25-16-19-8-4-5-12-23-19/h4-5,8,12,18,20H,2-3,6-7,9-11,13-17H2,1H3,(H,24,29)(H,25,28). The van der Waals surface area contributed by atoms with Gasteiger partial charge >= 0.3 is 6.03 Å². The molecule has 0 bridgehead atoms. The van der Waals surface area contributed by atoms with Gasteiger partial charge in [0.05, 0.1) is 18.2 Å². The number of carbonyl (C=O) groups excluding carboxylic acids is 2. The lowest BCUT2D eigenvalue weighted by Gasteiger charge is -2.42. The molecule has 1 aromatic rings. The van der Waals surface area contributed by atoms with Crippen molar-refractivity contribution in [3.05, 3.63) is 30.1 Å². The number of hydrogen-bond acceptors (Lipinski definition) is 4. The number of piperidine rings is 2. The number of carbonyl (C=O) groups is 2. The Morgan fingerprint density at radius 3 is 2.69 bits per heavy atom. The Balaban J connectivity index is 1.41. The summed E-state index contributed by atoms with van der Waals surface area (Å²) in [6.45, 7) is 6.85. The Bertz CT molecular complexity index is 646. The fourth-order valence-electron chi connectivity index (χ4n) is 4.29. The summed E-state index contributed by atoms with van der Waals surface area (Å²) in [6, 6.07) is 6.29. The first kappa shape index (κ1) is 21.6. The monoisotopic (exact) mass is 401 g/mol. The van der Waals surface area contributed by atoms with E-state index in [0.717, 1.165) is 76.9 Å². The van der Waals surface area contributed by atoms with E-state index in [1.807, 2.05) is 23.1 Å². The molecule has 29 heavy (non-hydrogen) atoms. The van der Waals surface area contributed by atoms with Crippen LogP contribution in [0, 0.1) is 5.92 Å². The first-order chi connectivity index (χ1) is 14.2. The second-order valence-corrected chi connectivity index (χ2v) is 8.18. The quantitative estimate of drug-likeness (QED) is 0.688. The van der Waals surface area contributed by atoms with E-state index in [0.29, 0.717) is 12.6 Å². The van der Waals surface area contributed by atoms with E-state index in [1.54, 1.807) is 6.20 Å². The summed E-state index contributed by atoms with van der Waals surface area (Å²) in [6.07, 6.45) is 7.85. The highest BCUT2D eigenvalue weighted by atomic mass is 16.2. The molecule has 3 rings (SSSR count). The summed E-state index contributed by atoms with van der Waals surface area (Å²) < 4.78 is 0. The van der Waals surface area contributed by atoms with Crippen molar-refractivity contribution in [2.75, 3.05) is 32.7 Å². The van der Waals surface area contributed by atoms with Gasteiger partial charge in [-0.3, -0.25) is 14.7 Å². The van der Waals surface area contributed by atoms with Crippen LogP contribution in [0.25, 0.3) is 0 Å². The molecule has 7 nitrogen and oxygen atoms in total. The summed E-state index contributed by atoms with van der Waals surface area (Å²) in [5, 5.41) is 6.06. The van der Waals surface area contributed by atoms with E-state index in [1.165, 1.54) is 0 Å². The predicted molar refractivity (Wildman–Crippen MR) is 113 cm³/mol. The number of urea groups is 1. The first-order valence-electron chi connectivity index (χ1n) is 11.1. The van der Waals surface area contributed by atoms with E-state index in [4.69, 9.17) is 0 Å². The van der Waals surface area contributed by atoms with Gasteiger partial charge in [0.2, 0.25) is 5.91 Å². The van der Waals surface area contributed by atoms with Crippen LogP contribution < -0.4 is 10.6 Å². The SMILES string of the molecule is CCCCNC(=O)N1CCC(N2CCCC(C(=O)NCc3ccccn3)C2)CC1. The smallest absolute Gasteiger partial charge is 0.317 e. The van der Waals surface area contributed by atoms with E-state index in [2.05, 4.69) is 27.4 Å². The van der Waals surface area contributed by atoms with Crippen LogP contribution in [0.1, 0.15) is 51.1 Å². The highest BCUT2D eigenvalue weighted by Crippen LogP contribution is 2.24. The number of rotatable bonds is 7. The highest BCUT2D eigenvalue weighted by molar-refractivity contribution is 5.79. The van der Waals surface area contributed by atoms with Gasteiger partial charge in [0.1, 0.15) is 0 Å². The summed E-state index contributed by atoms with van der Waals surface area (Å²) in [7, 11) is 0. The molecule has 0 aliphatic carbocycles. The lowest BCUT2D eigenvalue weighted by molar-refractivity contribution is -0.127. The number of nitrogens with zero attached hydrogens (tertiary/aromatic N) is 3. The van der Waals surface area contributed by atoms with Crippen LogP contribution in [0.3, 0.4) is 0 Å². The van der Waals surface area contributed by atoms with Crippen LogP contribution in [-0.2, 0) is 11.3 Å². The minimum absolute atomic E-state index is 0.0443. The van der Waals surface area contributed by atoms with Gasteiger partial charge < -0.3 is 15.5 Å². The molecule has 0 saturated carbocycles. The molecule has 2 N–H and O–H groups in total. The molecule has 2 aliphatic rings. The van der Waals surface area contributed by atoms with Gasteiger partial charge in [-0.15, -0.1) is 0 Å². The Labute approximate surface area is 174 Å². The van der Waals surface area contributed by atoms with Crippen LogP contribution in [0.4, 0.5) is 4.79 Å². The summed E-state index contributed by atoms with van der Waals surface area (Å²) in [5.74, 6) is 0.177. The molecule has 0 spiro atoms. The zero-order valence-corrected chi connectivity index (χ0v) is 17.6. The molecule has 3 heterocycles. The predicted octanol–water partition coefficient (Wildman–Crippen LogP) is 2.38. The van der Waals surface area contributed by atoms with Crippen LogP contribution in [0.2, 0.25) is 0 Å². The number of likely N-dealkylation sites (tertiary alicyclic amines) is 2. The third kappa shape index (κ3) is 6.42. The average molecular weight is 402 g/mol. The maximum atomic E-state index is 12.6. The third-order valence-corrected chi connectivity index (χ3v) is 6.07. The van der Waals surface area contributed by atoms with Crippen LogP contribution in [0.15, 0.2) is 24.4 Å². The summed E-state index contributed by atoms with van der Waals surface area (Å²) in [4.78, 5) is 33.5. The number of nitrogens with one attached hydrogen (secondary N) is 2. The Morgan fingerprint density at radius 1 is 1.14 bits per heavy atom. The topological polar surface area (TPSA) is 77.6 Å². The summed E-state index contributed by atoms with van der Waals surface area (Å²) >= 11 is 0. The maximum Gasteiger partial charge on any atom is 0.317 e. The Hall–Kier alpha value is -2.15. The van der Waals surface area contributed by atoms with Crippen LogP contribution >= 0.6 is 0 Å².